The fraction of sp³-hybridized carbons (Fsp3) is 0.440. The highest BCUT2D eigenvalue weighted by Gasteiger charge is 2.29. The van der Waals surface area contributed by atoms with Crippen LogP contribution in [0.15, 0.2) is 24.3 Å². The Bertz CT molecular complexity index is 1140. The summed E-state index contributed by atoms with van der Waals surface area (Å²) < 4.78 is 46.2. The number of rotatable bonds is 5. The summed E-state index contributed by atoms with van der Waals surface area (Å²) in [4.78, 5) is 12.5. The van der Waals surface area contributed by atoms with Crippen LogP contribution in [0.4, 0.5) is 8.78 Å². The molecular formula is C25H25F2N3O4. The lowest BCUT2D eigenvalue weighted by molar-refractivity contribution is -0.132. The van der Waals surface area contributed by atoms with E-state index < -0.39 is 23.9 Å². The molecule has 2 N–H and O–H groups in total. The van der Waals surface area contributed by atoms with E-state index in [-0.39, 0.29) is 30.3 Å². The minimum absolute atomic E-state index is 0.00615. The number of amides is 1. The number of hydrogen-bond acceptors (Lipinski definition) is 6. The van der Waals surface area contributed by atoms with E-state index in [0.717, 1.165) is 18.5 Å². The van der Waals surface area contributed by atoms with Crippen molar-refractivity contribution in [1.29, 1.82) is 5.26 Å². The summed E-state index contributed by atoms with van der Waals surface area (Å²) in [6.07, 6.45) is 0.0887. The summed E-state index contributed by atoms with van der Waals surface area (Å²) in [6, 6.07) is 7.23. The number of carbonyl (C=O) groups is 1. The molecule has 2 fully saturated rings. The maximum Gasteiger partial charge on any atom is 0.251 e. The molecule has 0 unspecified atom stereocenters. The minimum atomic E-state index is -0.929. The van der Waals surface area contributed by atoms with Crippen molar-refractivity contribution in [3.05, 3.63) is 52.6 Å². The Morgan fingerprint density at radius 1 is 1.21 bits per heavy atom. The molecule has 5 rings (SSSR count). The molecule has 2 atom stereocenters. The molecule has 0 saturated carbocycles. The number of hydrogen-bond donors (Lipinski definition) is 2. The summed E-state index contributed by atoms with van der Waals surface area (Å²) in [5.41, 5.74) is 2.74. The molecule has 178 valence electrons. The van der Waals surface area contributed by atoms with Gasteiger partial charge in [-0.2, -0.15) is 5.26 Å². The Kier molecular flexibility index (Phi) is 6.46. The van der Waals surface area contributed by atoms with Crippen molar-refractivity contribution in [3.63, 3.8) is 0 Å². The average molecular weight is 469 g/mol. The Balaban J connectivity index is 1.36. The van der Waals surface area contributed by atoms with Crippen molar-refractivity contribution in [1.82, 2.24) is 10.6 Å². The van der Waals surface area contributed by atoms with E-state index in [1.807, 2.05) is 6.07 Å². The second-order valence-corrected chi connectivity index (χ2v) is 8.81. The van der Waals surface area contributed by atoms with E-state index in [1.165, 1.54) is 12.1 Å². The van der Waals surface area contributed by atoms with E-state index in [2.05, 4.69) is 10.6 Å². The van der Waals surface area contributed by atoms with Gasteiger partial charge in [-0.05, 0) is 53.9 Å². The smallest absolute Gasteiger partial charge is 0.251 e. The molecule has 2 aromatic rings. The van der Waals surface area contributed by atoms with E-state index in [1.54, 1.807) is 12.1 Å². The maximum atomic E-state index is 15.1. The molecule has 0 spiro atoms. The van der Waals surface area contributed by atoms with Crippen LogP contribution in [0.1, 0.15) is 29.0 Å². The molecule has 0 aromatic heterocycles. The molecule has 0 bridgehead atoms. The van der Waals surface area contributed by atoms with Gasteiger partial charge in [0.2, 0.25) is 0 Å². The van der Waals surface area contributed by atoms with E-state index in [9.17, 15) is 14.4 Å². The molecule has 3 aliphatic heterocycles. The third-order valence-corrected chi connectivity index (χ3v) is 6.46. The molecule has 1 amide bonds. The third-order valence-electron chi connectivity index (χ3n) is 6.46. The van der Waals surface area contributed by atoms with Gasteiger partial charge in [0.1, 0.15) is 36.1 Å². The van der Waals surface area contributed by atoms with Gasteiger partial charge in [-0.15, -0.1) is 0 Å². The Labute approximate surface area is 196 Å². The van der Waals surface area contributed by atoms with Crippen molar-refractivity contribution in [2.45, 2.75) is 37.5 Å². The largest absolute Gasteiger partial charge is 0.488 e. The van der Waals surface area contributed by atoms with Crippen molar-refractivity contribution < 1.29 is 27.8 Å². The Hall–Kier alpha value is -3.06. The van der Waals surface area contributed by atoms with Gasteiger partial charge in [0, 0.05) is 36.6 Å². The van der Waals surface area contributed by atoms with Crippen LogP contribution in [-0.4, -0.2) is 51.0 Å². The highest BCUT2D eigenvalue weighted by atomic mass is 19.1. The number of nitrogens with one attached hydrogen (secondary N) is 2. The van der Waals surface area contributed by atoms with Gasteiger partial charge in [0.15, 0.2) is 0 Å². The SMILES string of the molecule is N#C[C@H](Cc1cc2c(cc1F)-c1cc(C3COC3)c(F)cc1CO2)NC(=O)[C@@H]1CNCCCO1. The Morgan fingerprint density at radius 2 is 2.06 bits per heavy atom. The molecular weight excluding hydrogens is 444 g/mol. The number of fused-ring (bicyclic) bond motifs is 3. The number of halogens is 2. The van der Waals surface area contributed by atoms with Gasteiger partial charge >= 0.3 is 0 Å². The van der Waals surface area contributed by atoms with Crippen LogP contribution in [0.2, 0.25) is 0 Å². The molecule has 2 aromatic carbocycles. The molecule has 0 radical (unpaired) electrons. The van der Waals surface area contributed by atoms with E-state index in [4.69, 9.17) is 14.2 Å². The van der Waals surface area contributed by atoms with Crippen LogP contribution in [-0.2, 0) is 27.3 Å². The lowest BCUT2D eigenvalue weighted by Gasteiger charge is -2.29. The molecule has 34 heavy (non-hydrogen) atoms. The van der Waals surface area contributed by atoms with Crippen LogP contribution < -0.4 is 15.4 Å². The minimum Gasteiger partial charge on any atom is -0.488 e. The molecule has 2 saturated heterocycles. The second kappa shape index (κ2) is 9.66. The van der Waals surface area contributed by atoms with Gasteiger partial charge in [-0.3, -0.25) is 4.79 Å². The fourth-order valence-corrected chi connectivity index (χ4v) is 4.46. The zero-order valence-corrected chi connectivity index (χ0v) is 18.5. The van der Waals surface area contributed by atoms with E-state index in [0.29, 0.717) is 48.8 Å². The molecule has 9 heteroatoms. The first kappa shape index (κ1) is 22.7. The molecule has 3 aliphatic rings. The first-order valence-corrected chi connectivity index (χ1v) is 11.4. The quantitative estimate of drug-likeness (QED) is 0.700. The number of nitriles is 1. The standard InChI is InChI=1S/C25H25F2N3O4/c26-21-8-20-18-7-19(16-11-32-12-16)22(27)5-15(18)13-34-23(20)6-14(21)4-17(9-28)30-25(31)24-10-29-2-1-3-33-24/h5-8,16-17,24,29H,1-4,10-13H2,(H,30,31)/t17-,24-/m0/s1. The summed E-state index contributed by atoms with van der Waals surface area (Å²) in [5.74, 6) is -0.774. The predicted molar refractivity (Wildman–Crippen MR) is 118 cm³/mol. The fourth-order valence-electron chi connectivity index (χ4n) is 4.46. The summed E-state index contributed by atoms with van der Waals surface area (Å²) in [6.45, 7) is 2.68. The zero-order valence-electron chi connectivity index (χ0n) is 18.5. The molecule has 7 nitrogen and oxygen atoms in total. The van der Waals surface area contributed by atoms with Crippen LogP contribution >= 0.6 is 0 Å². The molecule has 3 heterocycles. The highest BCUT2D eigenvalue weighted by molar-refractivity contribution is 5.82. The Morgan fingerprint density at radius 3 is 2.82 bits per heavy atom. The first-order chi connectivity index (χ1) is 16.5. The first-order valence-electron chi connectivity index (χ1n) is 11.4. The normalized spacial score (nSPS) is 20.6. The van der Waals surface area contributed by atoms with Crippen LogP contribution in [0, 0.1) is 23.0 Å². The van der Waals surface area contributed by atoms with Crippen LogP contribution in [0.5, 0.6) is 5.75 Å². The van der Waals surface area contributed by atoms with Crippen molar-refractivity contribution in [2.75, 3.05) is 32.9 Å². The van der Waals surface area contributed by atoms with E-state index >= 15 is 4.39 Å². The van der Waals surface area contributed by atoms with Gasteiger partial charge < -0.3 is 24.8 Å². The summed E-state index contributed by atoms with van der Waals surface area (Å²) >= 11 is 0. The average Bonchev–Trinajstić information content (AvgIpc) is 3.08. The second-order valence-electron chi connectivity index (χ2n) is 8.81. The lowest BCUT2D eigenvalue weighted by atomic mass is 9.88. The maximum absolute atomic E-state index is 15.1. The predicted octanol–water partition coefficient (Wildman–Crippen LogP) is 2.57. The van der Waals surface area contributed by atoms with Crippen molar-refractivity contribution >= 4 is 5.91 Å². The number of benzene rings is 2. The monoisotopic (exact) mass is 469 g/mol. The van der Waals surface area contributed by atoms with Gasteiger partial charge in [-0.1, -0.05) is 0 Å². The lowest BCUT2D eigenvalue weighted by Crippen LogP contribution is -2.46. The summed E-state index contributed by atoms with van der Waals surface area (Å²) in [7, 11) is 0. The topological polar surface area (TPSA) is 92.6 Å². The zero-order chi connectivity index (χ0) is 23.7. The third kappa shape index (κ3) is 4.49. The number of nitrogens with zero attached hydrogens (tertiary/aromatic N) is 1. The molecule has 0 aliphatic carbocycles. The van der Waals surface area contributed by atoms with Gasteiger partial charge in [0.05, 0.1) is 19.3 Å². The number of carbonyl (C=O) groups excluding carboxylic acids is 1. The highest BCUT2D eigenvalue weighted by Crippen LogP contribution is 2.42. The van der Waals surface area contributed by atoms with Crippen molar-refractivity contribution in [3.8, 4) is 22.9 Å². The van der Waals surface area contributed by atoms with Crippen LogP contribution in [0.25, 0.3) is 11.1 Å². The van der Waals surface area contributed by atoms with Crippen LogP contribution in [0.3, 0.4) is 0 Å². The van der Waals surface area contributed by atoms with Gasteiger partial charge in [0.25, 0.3) is 5.91 Å². The number of ether oxygens (including phenoxy) is 3. The van der Waals surface area contributed by atoms with Gasteiger partial charge in [-0.25, -0.2) is 8.78 Å². The summed E-state index contributed by atoms with van der Waals surface area (Å²) in [5, 5.41) is 15.3. The van der Waals surface area contributed by atoms with Crippen molar-refractivity contribution in [2.24, 2.45) is 0 Å².